The summed E-state index contributed by atoms with van der Waals surface area (Å²) in [6.45, 7) is 6.79. The highest BCUT2D eigenvalue weighted by atomic mass is 32.1. The van der Waals surface area contributed by atoms with Gasteiger partial charge in [0.1, 0.15) is 0 Å². The first-order chi connectivity index (χ1) is 10.5. The molecule has 3 heterocycles. The maximum atomic E-state index is 11.7. The summed E-state index contributed by atoms with van der Waals surface area (Å²) in [4.78, 5) is 20.3. The highest BCUT2D eigenvalue weighted by Crippen LogP contribution is 2.33. The van der Waals surface area contributed by atoms with Gasteiger partial charge in [0.05, 0.1) is 10.9 Å². The van der Waals surface area contributed by atoms with Crippen molar-refractivity contribution in [2.75, 3.05) is 6.54 Å². The lowest BCUT2D eigenvalue weighted by molar-refractivity contribution is -0.129. The van der Waals surface area contributed by atoms with Crippen LogP contribution in [0.25, 0.3) is 10.8 Å². The first-order valence-electron chi connectivity index (χ1n) is 7.74. The molecule has 1 aliphatic rings. The SMILES string of the molecule is CC(=O)N1CCCC1c1noc(-c2ccc(CC(C)C)s2)n1. The summed E-state index contributed by atoms with van der Waals surface area (Å²) in [6, 6.07) is 4.13. The number of aromatic nitrogens is 2. The van der Waals surface area contributed by atoms with E-state index in [4.69, 9.17) is 4.52 Å². The van der Waals surface area contributed by atoms with E-state index in [2.05, 4.69) is 30.1 Å². The zero-order chi connectivity index (χ0) is 15.7. The average molecular weight is 319 g/mol. The molecular weight excluding hydrogens is 298 g/mol. The lowest BCUT2D eigenvalue weighted by Crippen LogP contribution is -2.28. The molecule has 0 radical (unpaired) electrons. The summed E-state index contributed by atoms with van der Waals surface area (Å²) in [6.07, 6.45) is 2.96. The van der Waals surface area contributed by atoms with E-state index in [1.807, 2.05) is 11.0 Å². The molecule has 1 fully saturated rings. The van der Waals surface area contributed by atoms with Crippen LogP contribution >= 0.6 is 11.3 Å². The Bertz CT molecular complexity index is 662. The standard InChI is InChI=1S/C16H21N3O2S/c1-10(2)9-12-6-7-14(22-12)16-17-15(18-21-16)13-5-4-8-19(13)11(3)20/h6-7,10,13H,4-5,8-9H2,1-3H3. The lowest BCUT2D eigenvalue weighted by atomic mass is 10.1. The summed E-state index contributed by atoms with van der Waals surface area (Å²) >= 11 is 1.70. The Kier molecular flexibility index (Phi) is 4.29. The molecule has 118 valence electrons. The molecular formula is C16H21N3O2S. The van der Waals surface area contributed by atoms with E-state index in [1.54, 1.807) is 18.3 Å². The van der Waals surface area contributed by atoms with E-state index in [1.165, 1.54) is 4.88 Å². The highest BCUT2D eigenvalue weighted by molar-refractivity contribution is 7.15. The molecule has 1 aliphatic heterocycles. The molecule has 1 saturated heterocycles. The van der Waals surface area contributed by atoms with Gasteiger partial charge in [-0.15, -0.1) is 11.3 Å². The lowest BCUT2D eigenvalue weighted by Gasteiger charge is -2.19. The molecule has 0 aliphatic carbocycles. The molecule has 5 nitrogen and oxygen atoms in total. The molecule has 6 heteroatoms. The minimum atomic E-state index is -0.0369. The number of nitrogens with zero attached hydrogens (tertiary/aromatic N) is 3. The molecule has 0 N–H and O–H groups in total. The minimum absolute atomic E-state index is 0.0369. The van der Waals surface area contributed by atoms with Crippen molar-refractivity contribution in [1.29, 1.82) is 0 Å². The molecule has 2 aromatic heterocycles. The summed E-state index contributed by atoms with van der Waals surface area (Å²) < 4.78 is 5.42. The second kappa shape index (κ2) is 6.20. The van der Waals surface area contributed by atoms with Gasteiger partial charge in [-0.05, 0) is 37.3 Å². The normalized spacial score (nSPS) is 18.4. The van der Waals surface area contributed by atoms with Gasteiger partial charge >= 0.3 is 0 Å². The Morgan fingerprint density at radius 2 is 2.32 bits per heavy atom. The Morgan fingerprint density at radius 3 is 3.05 bits per heavy atom. The van der Waals surface area contributed by atoms with Crippen molar-refractivity contribution in [3.8, 4) is 10.8 Å². The summed E-state index contributed by atoms with van der Waals surface area (Å²) in [5.41, 5.74) is 0. The van der Waals surface area contributed by atoms with Gasteiger partial charge in [-0.1, -0.05) is 19.0 Å². The molecule has 0 bridgehead atoms. The van der Waals surface area contributed by atoms with Crippen molar-refractivity contribution in [3.63, 3.8) is 0 Å². The van der Waals surface area contributed by atoms with E-state index in [9.17, 15) is 4.79 Å². The third-order valence-corrected chi connectivity index (χ3v) is 4.97. The van der Waals surface area contributed by atoms with Crippen LogP contribution in [0.3, 0.4) is 0 Å². The van der Waals surface area contributed by atoms with Crippen LogP contribution in [0.4, 0.5) is 0 Å². The predicted molar refractivity (Wildman–Crippen MR) is 85.5 cm³/mol. The number of carbonyl (C=O) groups excluding carboxylic acids is 1. The van der Waals surface area contributed by atoms with Crippen molar-refractivity contribution in [2.24, 2.45) is 5.92 Å². The second-order valence-corrected chi connectivity index (χ2v) is 7.36. The van der Waals surface area contributed by atoms with E-state index < -0.39 is 0 Å². The first-order valence-corrected chi connectivity index (χ1v) is 8.56. The molecule has 1 unspecified atom stereocenters. The van der Waals surface area contributed by atoms with Crippen LogP contribution in [-0.4, -0.2) is 27.5 Å². The zero-order valence-electron chi connectivity index (χ0n) is 13.2. The molecule has 22 heavy (non-hydrogen) atoms. The number of thiophene rings is 1. The van der Waals surface area contributed by atoms with Gasteiger partial charge in [-0.2, -0.15) is 4.98 Å². The van der Waals surface area contributed by atoms with Crippen LogP contribution in [-0.2, 0) is 11.2 Å². The number of amides is 1. The predicted octanol–water partition coefficient (Wildman–Crippen LogP) is 3.68. The van der Waals surface area contributed by atoms with Crippen LogP contribution in [0.2, 0.25) is 0 Å². The summed E-state index contributed by atoms with van der Waals surface area (Å²) in [5.74, 6) is 1.89. The van der Waals surface area contributed by atoms with E-state index in [0.29, 0.717) is 17.6 Å². The zero-order valence-corrected chi connectivity index (χ0v) is 14.0. The molecule has 0 spiro atoms. The van der Waals surface area contributed by atoms with Gasteiger partial charge in [0, 0.05) is 18.3 Å². The van der Waals surface area contributed by atoms with Crippen LogP contribution in [0.5, 0.6) is 0 Å². The van der Waals surface area contributed by atoms with Crippen LogP contribution in [0, 0.1) is 5.92 Å². The molecule has 1 amide bonds. The maximum absolute atomic E-state index is 11.7. The quantitative estimate of drug-likeness (QED) is 0.862. The fraction of sp³-hybridized carbons (Fsp3) is 0.562. The van der Waals surface area contributed by atoms with Crippen molar-refractivity contribution in [2.45, 2.75) is 46.1 Å². The van der Waals surface area contributed by atoms with Crippen molar-refractivity contribution in [3.05, 3.63) is 22.8 Å². The van der Waals surface area contributed by atoms with Crippen molar-refractivity contribution >= 4 is 17.2 Å². The van der Waals surface area contributed by atoms with Crippen molar-refractivity contribution < 1.29 is 9.32 Å². The van der Waals surface area contributed by atoms with Gasteiger partial charge in [0.2, 0.25) is 5.91 Å². The molecule has 2 aromatic rings. The highest BCUT2D eigenvalue weighted by Gasteiger charge is 2.31. The average Bonchev–Trinajstić information content (AvgIpc) is 3.17. The Labute approximate surface area is 134 Å². The Hall–Kier alpha value is -1.69. The van der Waals surface area contributed by atoms with E-state index in [-0.39, 0.29) is 11.9 Å². The Balaban J connectivity index is 1.79. The molecule has 1 atom stereocenters. The Morgan fingerprint density at radius 1 is 1.50 bits per heavy atom. The first kappa shape index (κ1) is 15.2. The third kappa shape index (κ3) is 3.06. The molecule has 0 aromatic carbocycles. The largest absolute Gasteiger partial charge is 0.333 e. The van der Waals surface area contributed by atoms with Gasteiger partial charge in [0.25, 0.3) is 5.89 Å². The van der Waals surface area contributed by atoms with Gasteiger partial charge < -0.3 is 9.42 Å². The van der Waals surface area contributed by atoms with Crippen LogP contribution in [0.15, 0.2) is 16.7 Å². The maximum Gasteiger partial charge on any atom is 0.268 e. The topological polar surface area (TPSA) is 59.2 Å². The molecule has 0 saturated carbocycles. The van der Waals surface area contributed by atoms with E-state index >= 15 is 0 Å². The third-order valence-electron chi connectivity index (χ3n) is 3.88. The summed E-state index contributed by atoms with van der Waals surface area (Å²) in [7, 11) is 0. The smallest absolute Gasteiger partial charge is 0.268 e. The minimum Gasteiger partial charge on any atom is -0.333 e. The summed E-state index contributed by atoms with van der Waals surface area (Å²) in [5, 5.41) is 4.10. The number of rotatable bonds is 4. The monoisotopic (exact) mass is 319 g/mol. The van der Waals surface area contributed by atoms with E-state index in [0.717, 1.165) is 30.7 Å². The number of likely N-dealkylation sites (tertiary alicyclic amines) is 1. The van der Waals surface area contributed by atoms with Gasteiger partial charge in [-0.3, -0.25) is 4.79 Å². The van der Waals surface area contributed by atoms with Crippen LogP contribution in [0.1, 0.15) is 50.4 Å². The number of carbonyl (C=O) groups is 1. The number of hydrogen-bond acceptors (Lipinski definition) is 5. The fourth-order valence-corrected chi connectivity index (χ4v) is 4.03. The number of hydrogen-bond donors (Lipinski definition) is 0. The van der Waals surface area contributed by atoms with Crippen molar-refractivity contribution in [1.82, 2.24) is 15.0 Å². The molecule has 3 rings (SSSR count). The van der Waals surface area contributed by atoms with Crippen LogP contribution < -0.4 is 0 Å². The van der Waals surface area contributed by atoms with Gasteiger partial charge in [0.15, 0.2) is 5.82 Å². The fourth-order valence-electron chi connectivity index (χ4n) is 2.89. The second-order valence-electron chi connectivity index (χ2n) is 6.19. The van der Waals surface area contributed by atoms with Gasteiger partial charge in [-0.25, -0.2) is 0 Å².